The van der Waals surface area contributed by atoms with E-state index in [9.17, 15) is 14.4 Å². The predicted molar refractivity (Wildman–Crippen MR) is 181 cm³/mol. The molecule has 238 valence electrons. The summed E-state index contributed by atoms with van der Waals surface area (Å²) in [6, 6.07) is 36.5. The number of benzene rings is 4. The van der Waals surface area contributed by atoms with Gasteiger partial charge in [0.1, 0.15) is 18.4 Å². The van der Waals surface area contributed by atoms with Gasteiger partial charge in [-0.2, -0.15) is 0 Å². The van der Waals surface area contributed by atoms with E-state index in [1.165, 1.54) is 7.11 Å². The standard InChI is InChI=1S/C39H37N3O5/c1-46-39(45)36(41-35-17-9-8-16-34(35)38(44)32-14-6-3-7-15-32)25-29-18-20-33(21-19-29)47-24-23-42(28-30-11-4-2-5-12-30)37(43)26-31-13-10-22-40-27-31/h2-22,27,36,41H,23-26,28H2,1H3. The SMILES string of the molecule is COC(=O)C(Cc1ccc(OCCN(Cc2ccccc2)C(=O)Cc2cccnc2)cc1)Nc1ccccc1C(=O)c1ccccc1. The number of carbonyl (C=O) groups is 3. The zero-order valence-electron chi connectivity index (χ0n) is 26.3. The third-order valence-electron chi connectivity index (χ3n) is 7.66. The number of amides is 1. The number of pyridine rings is 1. The van der Waals surface area contributed by atoms with Gasteiger partial charge in [0, 0.05) is 42.2 Å². The van der Waals surface area contributed by atoms with Crippen LogP contribution in [0.1, 0.15) is 32.6 Å². The van der Waals surface area contributed by atoms with Crippen LogP contribution >= 0.6 is 0 Å². The molecule has 0 fully saturated rings. The van der Waals surface area contributed by atoms with Crippen LogP contribution in [-0.4, -0.2) is 53.8 Å². The topological polar surface area (TPSA) is 97.8 Å². The first-order valence-corrected chi connectivity index (χ1v) is 15.5. The first-order chi connectivity index (χ1) is 23.0. The summed E-state index contributed by atoms with van der Waals surface area (Å²) in [6.45, 7) is 1.19. The number of nitrogens with one attached hydrogen (secondary N) is 1. The summed E-state index contributed by atoms with van der Waals surface area (Å²) in [5.41, 5.74) is 4.36. The number of carbonyl (C=O) groups excluding carboxylic acids is 3. The average Bonchev–Trinajstić information content (AvgIpc) is 3.12. The third-order valence-corrected chi connectivity index (χ3v) is 7.66. The minimum absolute atomic E-state index is 0.00537. The number of ketones is 1. The van der Waals surface area contributed by atoms with Crippen molar-refractivity contribution in [1.29, 1.82) is 0 Å². The van der Waals surface area contributed by atoms with E-state index in [0.717, 1.165) is 16.7 Å². The summed E-state index contributed by atoms with van der Waals surface area (Å²) in [5, 5.41) is 3.24. The van der Waals surface area contributed by atoms with Gasteiger partial charge in [0.15, 0.2) is 5.78 Å². The number of anilines is 1. The largest absolute Gasteiger partial charge is 0.492 e. The highest BCUT2D eigenvalue weighted by Crippen LogP contribution is 2.22. The Morgan fingerprint density at radius 2 is 1.45 bits per heavy atom. The second-order valence-electron chi connectivity index (χ2n) is 11.0. The quantitative estimate of drug-likeness (QED) is 0.110. The molecule has 0 aliphatic rings. The van der Waals surface area contributed by atoms with Crippen molar-refractivity contribution in [2.45, 2.75) is 25.4 Å². The van der Waals surface area contributed by atoms with E-state index >= 15 is 0 Å². The second-order valence-corrected chi connectivity index (χ2v) is 11.0. The van der Waals surface area contributed by atoms with Crippen LogP contribution in [0.4, 0.5) is 5.69 Å². The maximum absolute atomic E-state index is 13.2. The summed E-state index contributed by atoms with van der Waals surface area (Å²) in [7, 11) is 1.34. The van der Waals surface area contributed by atoms with Gasteiger partial charge in [0.05, 0.1) is 20.1 Å². The number of esters is 1. The second kappa shape index (κ2) is 16.5. The molecule has 1 atom stereocenters. The number of methoxy groups -OCH3 is 1. The molecule has 0 saturated heterocycles. The van der Waals surface area contributed by atoms with E-state index in [0.29, 0.717) is 48.7 Å². The number of ether oxygens (including phenoxy) is 2. The zero-order chi connectivity index (χ0) is 32.8. The molecular formula is C39H37N3O5. The molecule has 1 amide bonds. The van der Waals surface area contributed by atoms with Gasteiger partial charge < -0.3 is 19.7 Å². The molecule has 8 heteroatoms. The molecule has 8 nitrogen and oxygen atoms in total. The lowest BCUT2D eigenvalue weighted by molar-refractivity contribution is -0.141. The lowest BCUT2D eigenvalue weighted by Crippen LogP contribution is -2.35. The monoisotopic (exact) mass is 627 g/mol. The summed E-state index contributed by atoms with van der Waals surface area (Å²) in [4.78, 5) is 45.2. The smallest absolute Gasteiger partial charge is 0.328 e. The van der Waals surface area contributed by atoms with Crippen LogP contribution < -0.4 is 10.1 Å². The van der Waals surface area contributed by atoms with Gasteiger partial charge >= 0.3 is 5.97 Å². The number of hydrogen-bond acceptors (Lipinski definition) is 7. The van der Waals surface area contributed by atoms with E-state index in [4.69, 9.17) is 9.47 Å². The van der Waals surface area contributed by atoms with Gasteiger partial charge in [-0.3, -0.25) is 14.6 Å². The molecular weight excluding hydrogens is 590 g/mol. The molecule has 1 heterocycles. The molecule has 0 spiro atoms. The maximum Gasteiger partial charge on any atom is 0.328 e. The van der Waals surface area contributed by atoms with Crippen LogP contribution in [0.15, 0.2) is 134 Å². The Bertz CT molecular complexity index is 1750. The van der Waals surface area contributed by atoms with Crippen molar-refractivity contribution >= 4 is 23.3 Å². The molecule has 5 rings (SSSR count). The number of aromatic nitrogens is 1. The number of hydrogen-bond donors (Lipinski definition) is 1. The Balaban J connectivity index is 1.21. The molecule has 4 aromatic carbocycles. The van der Waals surface area contributed by atoms with Crippen LogP contribution in [0.2, 0.25) is 0 Å². The molecule has 0 bridgehead atoms. The predicted octanol–water partition coefficient (Wildman–Crippen LogP) is 6.16. The highest BCUT2D eigenvalue weighted by Gasteiger charge is 2.23. The van der Waals surface area contributed by atoms with E-state index in [1.807, 2.05) is 91.0 Å². The van der Waals surface area contributed by atoms with Gasteiger partial charge in [-0.25, -0.2) is 4.79 Å². The van der Waals surface area contributed by atoms with E-state index in [1.54, 1.807) is 47.6 Å². The van der Waals surface area contributed by atoms with Crippen molar-refractivity contribution < 1.29 is 23.9 Å². The highest BCUT2D eigenvalue weighted by atomic mass is 16.5. The minimum Gasteiger partial charge on any atom is -0.492 e. The summed E-state index contributed by atoms with van der Waals surface area (Å²) >= 11 is 0. The van der Waals surface area contributed by atoms with Crippen molar-refractivity contribution in [3.8, 4) is 5.75 Å². The Hall–Kier alpha value is -5.76. The van der Waals surface area contributed by atoms with E-state index < -0.39 is 12.0 Å². The van der Waals surface area contributed by atoms with Crippen LogP contribution in [0.5, 0.6) is 5.75 Å². The fourth-order valence-electron chi connectivity index (χ4n) is 5.19. The number of nitrogens with zero attached hydrogens (tertiary/aromatic N) is 2. The number of para-hydroxylation sites is 1. The lowest BCUT2D eigenvalue weighted by Gasteiger charge is -2.23. The highest BCUT2D eigenvalue weighted by molar-refractivity contribution is 6.12. The van der Waals surface area contributed by atoms with Gasteiger partial charge in [-0.05, 0) is 47.0 Å². The summed E-state index contributed by atoms with van der Waals surface area (Å²) < 4.78 is 11.1. The fourth-order valence-corrected chi connectivity index (χ4v) is 5.19. The third kappa shape index (κ3) is 9.37. The van der Waals surface area contributed by atoms with Crippen molar-refractivity contribution in [1.82, 2.24) is 9.88 Å². The summed E-state index contributed by atoms with van der Waals surface area (Å²) in [5.74, 6) is 0.0605. The molecule has 47 heavy (non-hydrogen) atoms. The van der Waals surface area contributed by atoms with Crippen LogP contribution in [0.3, 0.4) is 0 Å². The Morgan fingerprint density at radius 1 is 0.766 bits per heavy atom. The molecule has 0 radical (unpaired) electrons. The first-order valence-electron chi connectivity index (χ1n) is 15.5. The van der Waals surface area contributed by atoms with Crippen molar-refractivity contribution in [3.63, 3.8) is 0 Å². The van der Waals surface area contributed by atoms with Crippen LogP contribution in [-0.2, 0) is 33.7 Å². The Kier molecular flexibility index (Phi) is 11.5. The number of rotatable bonds is 15. The van der Waals surface area contributed by atoms with Crippen LogP contribution in [0, 0.1) is 0 Å². The van der Waals surface area contributed by atoms with Crippen LogP contribution in [0.25, 0.3) is 0 Å². The van der Waals surface area contributed by atoms with Gasteiger partial charge in [0.2, 0.25) is 5.91 Å². The molecule has 0 aliphatic carbocycles. The molecule has 0 saturated carbocycles. The first kappa shape index (κ1) is 32.6. The van der Waals surface area contributed by atoms with E-state index in [-0.39, 0.29) is 18.1 Å². The van der Waals surface area contributed by atoms with Crippen molar-refractivity contribution in [2.75, 3.05) is 25.6 Å². The van der Waals surface area contributed by atoms with Crippen molar-refractivity contribution in [3.05, 3.63) is 162 Å². The van der Waals surface area contributed by atoms with Gasteiger partial charge in [-0.1, -0.05) is 91.0 Å². The maximum atomic E-state index is 13.2. The Morgan fingerprint density at radius 3 is 2.15 bits per heavy atom. The fraction of sp³-hybridized carbons (Fsp3) is 0.179. The van der Waals surface area contributed by atoms with Gasteiger partial charge in [-0.15, -0.1) is 0 Å². The zero-order valence-corrected chi connectivity index (χ0v) is 26.3. The van der Waals surface area contributed by atoms with E-state index in [2.05, 4.69) is 10.3 Å². The summed E-state index contributed by atoms with van der Waals surface area (Å²) in [6.07, 6.45) is 3.99. The minimum atomic E-state index is -0.728. The lowest BCUT2D eigenvalue weighted by atomic mass is 10.00. The molecule has 1 aromatic heterocycles. The molecule has 1 N–H and O–H groups in total. The van der Waals surface area contributed by atoms with Crippen molar-refractivity contribution in [2.24, 2.45) is 0 Å². The normalized spacial score (nSPS) is 11.3. The molecule has 0 aliphatic heterocycles. The Labute approximate surface area is 275 Å². The molecule has 1 unspecified atom stereocenters. The van der Waals surface area contributed by atoms with Gasteiger partial charge in [0.25, 0.3) is 0 Å². The average molecular weight is 628 g/mol. The molecule has 5 aromatic rings.